The number of ether oxygens (including phenoxy) is 1. The van der Waals surface area contributed by atoms with Gasteiger partial charge in [0.15, 0.2) is 0 Å². The highest BCUT2D eigenvalue weighted by atomic mass is 32.1. The van der Waals surface area contributed by atoms with Crippen LogP contribution in [0, 0.1) is 0 Å². The Balaban J connectivity index is 1.96. The molecule has 120 valence electrons. The standard InChI is InChI=1S/C18H31NOS/c1-2-3-4-5-6-7-8-9-10-11-18(21)20-17-14-12-16(19)13-15-17/h12-15,18,21H,2-11,19H2,1H3. The first-order valence-electron chi connectivity index (χ1n) is 8.42. The predicted molar refractivity (Wildman–Crippen MR) is 96.1 cm³/mol. The first-order valence-corrected chi connectivity index (χ1v) is 8.94. The zero-order valence-electron chi connectivity index (χ0n) is 13.4. The molecule has 0 saturated heterocycles. The number of rotatable bonds is 12. The zero-order chi connectivity index (χ0) is 15.3. The van der Waals surface area contributed by atoms with Gasteiger partial charge in [0.1, 0.15) is 11.2 Å². The van der Waals surface area contributed by atoms with E-state index in [0.717, 1.165) is 17.9 Å². The third-order valence-corrected chi connectivity index (χ3v) is 4.07. The monoisotopic (exact) mass is 309 g/mol. The largest absolute Gasteiger partial charge is 0.480 e. The Morgan fingerprint density at radius 1 is 0.905 bits per heavy atom. The Kier molecular flexibility index (Phi) is 10.2. The molecule has 0 saturated carbocycles. The molecule has 0 aliphatic heterocycles. The summed E-state index contributed by atoms with van der Waals surface area (Å²) in [7, 11) is 0. The molecule has 0 aromatic heterocycles. The average Bonchev–Trinajstić information content (AvgIpc) is 2.48. The van der Waals surface area contributed by atoms with Crippen molar-refractivity contribution in [3.8, 4) is 5.75 Å². The lowest BCUT2D eigenvalue weighted by Gasteiger charge is -2.13. The van der Waals surface area contributed by atoms with Crippen LogP contribution in [-0.4, -0.2) is 5.44 Å². The van der Waals surface area contributed by atoms with Crippen LogP contribution >= 0.6 is 12.6 Å². The minimum Gasteiger partial charge on any atom is -0.480 e. The first-order chi connectivity index (χ1) is 10.2. The Hall–Kier alpha value is -0.830. The van der Waals surface area contributed by atoms with E-state index >= 15 is 0 Å². The molecule has 0 bridgehead atoms. The third kappa shape index (κ3) is 9.67. The molecule has 0 aliphatic carbocycles. The first kappa shape index (κ1) is 18.2. The van der Waals surface area contributed by atoms with E-state index in [1.807, 2.05) is 24.3 Å². The fraction of sp³-hybridized carbons (Fsp3) is 0.667. The van der Waals surface area contributed by atoms with Crippen molar-refractivity contribution in [2.45, 2.75) is 76.6 Å². The number of nitrogen functional groups attached to an aromatic ring is 1. The SMILES string of the molecule is CCCCCCCCCCCC(S)Oc1ccc(N)cc1. The van der Waals surface area contributed by atoms with E-state index in [0.29, 0.717) is 0 Å². The zero-order valence-corrected chi connectivity index (χ0v) is 14.3. The van der Waals surface area contributed by atoms with Gasteiger partial charge in [-0.1, -0.05) is 58.3 Å². The van der Waals surface area contributed by atoms with Gasteiger partial charge in [-0.3, -0.25) is 0 Å². The molecule has 3 heteroatoms. The maximum Gasteiger partial charge on any atom is 0.141 e. The van der Waals surface area contributed by atoms with Crippen molar-refractivity contribution in [2.75, 3.05) is 5.73 Å². The number of unbranched alkanes of at least 4 members (excludes halogenated alkanes) is 8. The Bertz CT molecular complexity index is 353. The number of thiol groups is 1. The predicted octanol–water partition coefficient (Wildman–Crippen LogP) is 5.82. The maximum absolute atomic E-state index is 5.75. The summed E-state index contributed by atoms with van der Waals surface area (Å²) in [5.74, 6) is 0.847. The van der Waals surface area contributed by atoms with Gasteiger partial charge >= 0.3 is 0 Å². The van der Waals surface area contributed by atoms with Crippen LogP contribution in [0.3, 0.4) is 0 Å². The number of hydrogen-bond acceptors (Lipinski definition) is 3. The van der Waals surface area contributed by atoms with E-state index in [4.69, 9.17) is 10.5 Å². The summed E-state index contributed by atoms with van der Waals surface area (Å²) in [5.41, 5.74) is 6.39. The number of hydrogen-bond donors (Lipinski definition) is 2. The van der Waals surface area contributed by atoms with Crippen LogP contribution in [0.1, 0.15) is 71.1 Å². The van der Waals surface area contributed by atoms with Crippen LogP contribution in [0.25, 0.3) is 0 Å². The molecule has 1 aromatic carbocycles. The fourth-order valence-electron chi connectivity index (χ4n) is 2.39. The molecule has 2 nitrogen and oxygen atoms in total. The van der Waals surface area contributed by atoms with Gasteiger partial charge in [-0.15, -0.1) is 12.6 Å². The van der Waals surface area contributed by atoms with E-state index in [2.05, 4.69) is 19.6 Å². The molecular weight excluding hydrogens is 278 g/mol. The normalized spacial score (nSPS) is 12.3. The smallest absolute Gasteiger partial charge is 0.141 e. The topological polar surface area (TPSA) is 35.2 Å². The van der Waals surface area contributed by atoms with Crippen molar-refractivity contribution in [3.63, 3.8) is 0 Å². The summed E-state index contributed by atoms with van der Waals surface area (Å²) < 4.78 is 5.75. The average molecular weight is 310 g/mol. The second-order valence-corrected chi connectivity index (χ2v) is 6.33. The van der Waals surface area contributed by atoms with Crippen LogP contribution in [-0.2, 0) is 0 Å². The number of nitrogens with two attached hydrogens (primary N) is 1. The molecule has 21 heavy (non-hydrogen) atoms. The highest BCUT2D eigenvalue weighted by molar-refractivity contribution is 7.80. The minimum absolute atomic E-state index is 0.0156. The molecule has 0 radical (unpaired) electrons. The molecule has 1 aromatic rings. The second-order valence-electron chi connectivity index (χ2n) is 5.76. The van der Waals surface area contributed by atoms with Crippen molar-refractivity contribution in [3.05, 3.63) is 24.3 Å². The van der Waals surface area contributed by atoms with Gasteiger partial charge in [-0.25, -0.2) is 0 Å². The summed E-state index contributed by atoms with van der Waals surface area (Å²) in [6, 6.07) is 7.51. The van der Waals surface area contributed by atoms with E-state index < -0.39 is 0 Å². The molecule has 0 fully saturated rings. The fourth-order valence-corrected chi connectivity index (χ4v) is 2.70. The quantitative estimate of drug-likeness (QED) is 0.221. The summed E-state index contributed by atoms with van der Waals surface area (Å²) in [6.45, 7) is 2.26. The summed E-state index contributed by atoms with van der Waals surface area (Å²) in [4.78, 5) is 0. The Labute approximate surface area is 135 Å². The van der Waals surface area contributed by atoms with E-state index in [1.54, 1.807) is 0 Å². The Morgan fingerprint density at radius 3 is 2.00 bits per heavy atom. The Morgan fingerprint density at radius 2 is 1.43 bits per heavy atom. The lowest BCUT2D eigenvalue weighted by atomic mass is 10.1. The van der Waals surface area contributed by atoms with Gasteiger partial charge in [0, 0.05) is 5.69 Å². The van der Waals surface area contributed by atoms with Crippen LogP contribution in [0.5, 0.6) is 5.75 Å². The van der Waals surface area contributed by atoms with Crippen LogP contribution in [0.2, 0.25) is 0 Å². The number of benzene rings is 1. The van der Waals surface area contributed by atoms with Crippen LogP contribution in [0.4, 0.5) is 5.69 Å². The molecule has 1 unspecified atom stereocenters. The van der Waals surface area contributed by atoms with Crippen molar-refractivity contribution >= 4 is 18.3 Å². The minimum atomic E-state index is -0.0156. The number of anilines is 1. The van der Waals surface area contributed by atoms with Crippen molar-refractivity contribution in [1.82, 2.24) is 0 Å². The highest BCUT2D eigenvalue weighted by Crippen LogP contribution is 2.19. The maximum atomic E-state index is 5.75. The van der Waals surface area contributed by atoms with Crippen molar-refractivity contribution in [2.24, 2.45) is 0 Å². The lowest BCUT2D eigenvalue weighted by Crippen LogP contribution is -2.08. The molecule has 1 rings (SSSR count). The van der Waals surface area contributed by atoms with Crippen LogP contribution in [0.15, 0.2) is 24.3 Å². The molecule has 0 aliphatic rings. The molecule has 0 amide bonds. The summed E-state index contributed by atoms with van der Waals surface area (Å²) in [6.07, 6.45) is 13.1. The lowest BCUT2D eigenvalue weighted by molar-refractivity contribution is 0.273. The molecule has 2 N–H and O–H groups in total. The van der Waals surface area contributed by atoms with Crippen LogP contribution < -0.4 is 10.5 Å². The van der Waals surface area contributed by atoms with Crippen molar-refractivity contribution < 1.29 is 4.74 Å². The van der Waals surface area contributed by atoms with E-state index in [-0.39, 0.29) is 5.44 Å². The summed E-state index contributed by atoms with van der Waals surface area (Å²) >= 11 is 4.50. The van der Waals surface area contributed by atoms with E-state index in [1.165, 1.54) is 57.8 Å². The van der Waals surface area contributed by atoms with Gasteiger partial charge in [-0.05, 0) is 37.1 Å². The van der Waals surface area contributed by atoms with E-state index in [9.17, 15) is 0 Å². The third-order valence-electron chi connectivity index (χ3n) is 3.71. The van der Waals surface area contributed by atoms with Gasteiger partial charge in [0.25, 0.3) is 0 Å². The second kappa shape index (κ2) is 11.8. The molecular formula is C18H31NOS. The van der Waals surface area contributed by atoms with Gasteiger partial charge in [0.2, 0.25) is 0 Å². The highest BCUT2D eigenvalue weighted by Gasteiger charge is 2.04. The van der Waals surface area contributed by atoms with Crippen molar-refractivity contribution in [1.29, 1.82) is 0 Å². The summed E-state index contributed by atoms with van der Waals surface area (Å²) in [5, 5.41) is 0. The van der Waals surface area contributed by atoms with Gasteiger partial charge in [0.05, 0.1) is 0 Å². The van der Waals surface area contributed by atoms with Gasteiger partial charge < -0.3 is 10.5 Å². The molecule has 1 atom stereocenters. The molecule has 0 spiro atoms. The van der Waals surface area contributed by atoms with Gasteiger partial charge in [-0.2, -0.15) is 0 Å². The molecule has 0 heterocycles.